The molecule has 3 amide bonds. The number of aryl methyl sites for hydroxylation is 2. The molecule has 0 saturated heterocycles. The molecule has 9 rings (SSSR count). The summed E-state index contributed by atoms with van der Waals surface area (Å²) in [6.45, 7) is 8.61. The van der Waals surface area contributed by atoms with E-state index in [1.807, 2.05) is 117 Å². The minimum absolute atomic E-state index is 0.0140. The number of benzene rings is 5. The van der Waals surface area contributed by atoms with Crippen LogP contribution in [0.3, 0.4) is 0 Å². The molecule has 78 heavy (non-hydrogen) atoms. The number of methoxy groups -OCH3 is 1. The highest BCUT2D eigenvalue weighted by Crippen LogP contribution is 2.43. The van der Waals surface area contributed by atoms with Crippen LogP contribution < -0.4 is 29.3 Å². The molecule has 5 aromatic rings. The average molecular weight is 1110 g/mol. The Morgan fingerprint density at radius 3 is 2.26 bits per heavy atom. The molecule has 15 nitrogen and oxygen atoms in total. The maximum absolute atomic E-state index is 14.2. The van der Waals surface area contributed by atoms with Gasteiger partial charge in [0.2, 0.25) is 5.91 Å². The van der Waals surface area contributed by atoms with Crippen LogP contribution in [-0.4, -0.2) is 90.4 Å². The standard InChI is InChI=1S/C60H67N5O10S3/c1-6-61-24-13-7-8-18-52(66)56(78(70,71)72)22-25-76-77-60(3,4)23-21-57(67)63-44-28-39(36-74-53-34-49-48(26-38(53)2)59(69)65-46(35-62-49)31-43-15-10-12-17-51(43)65)27-40(29-44)37-75-55-32-41-19-20-45-30-42-14-9-11-16-50(42)64(45)58(68)47(41)33-54(55)73-5/h6,9-12,14-17,26-29,32-35,45-46,56H,7-8,13,18-25,30-31,36-37H2,1-5H3,(H,63,67)(H,70,71,72)/t45-,46+,56?/m1/s1. The van der Waals surface area contributed by atoms with Gasteiger partial charge in [0.05, 0.1) is 24.4 Å². The van der Waals surface area contributed by atoms with Gasteiger partial charge in [0.1, 0.15) is 24.2 Å². The lowest BCUT2D eigenvalue weighted by molar-refractivity contribution is -0.119. The molecule has 1 unspecified atom stereocenters. The second kappa shape index (κ2) is 24.7. The number of rotatable bonds is 24. The summed E-state index contributed by atoms with van der Waals surface area (Å²) in [6, 6.07) is 28.9. The number of ketones is 1. The normalized spacial score (nSPS) is 16.8. The van der Waals surface area contributed by atoms with E-state index < -0.39 is 25.9 Å². The van der Waals surface area contributed by atoms with Crippen LogP contribution in [0.1, 0.15) is 126 Å². The van der Waals surface area contributed by atoms with Crippen LogP contribution in [-0.2, 0) is 52.2 Å². The van der Waals surface area contributed by atoms with Crippen LogP contribution in [0.2, 0.25) is 0 Å². The molecule has 2 N–H and O–H groups in total. The number of unbranched alkanes of at least 4 members (excludes halogenated alkanes) is 2. The number of carbonyl (C=O) groups is 4. The van der Waals surface area contributed by atoms with E-state index in [4.69, 9.17) is 19.2 Å². The summed E-state index contributed by atoms with van der Waals surface area (Å²) in [6.07, 6.45) is 9.34. The number of amides is 3. The Bertz CT molecular complexity index is 3270. The second-order valence-electron chi connectivity index (χ2n) is 20.9. The molecule has 4 aliphatic heterocycles. The maximum Gasteiger partial charge on any atom is 0.275 e. The monoisotopic (exact) mass is 1110 g/mol. The molecule has 0 radical (unpaired) electrons. The Labute approximate surface area is 465 Å². The highest BCUT2D eigenvalue weighted by molar-refractivity contribution is 8.77. The predicted octanol–water partition coefficient (Wildman–Crippen LogP) is 11.7. The molecule has 0 spiro atoms. The van der Waals surface area contributed by atoms with Crippen molar-refractivity contribution in [3.63, 3.8) is 0 Å². The van der Waals surface area contributed by atoms with Gasteiger partial charge in [-0.05, 0) is 161 Å². The smallest absolute Gasteiger partial charge is 0.275 e. The summed E-state index contributed by atoms with van der Waals surface area (Å²) in [4.78, 5) is 67.6. The molecular formula is C60H67N5O10S3. The quantitative estimate of drug-likeness (QED) is 0.0257. The molecule has 4 heterocycles. The van der Waals surface area contributed by atoms with Crippen molar-refractivity contribution in [2.45, 2.75) is 134 Å². The minimum Gasteiger partial charge on any atom is -0.493 e. The minimum atomic E-state index is -4.56. The van der Waals surface area contributed by atoms with E-state index in [1.54, 1.807) is 25.5 Å². The number of anilines is 3. The first kappa shape index (κ1) is 56.3. The Kier molecular flexibility index (Phi) is 17.8. The fraction of sp³-hybridized carbons (Fsp3) is 0.400. The number of aliphatic imine (C=N–C) groups is 2. The van der Waals surface area contributed by atoms with Gasteiger partial charge in [0, 0.05) is 77.3 Å². The van der Waals surface area contributed by atoms with Gasteiger partial charge in [-0.1, -0.05) is 64.4 Å². The fourth-order valence-electron chi connectivity index (χ4n) is 10.7. The number of nitrogens with zero attached hydrogens (tertiary/aromatic N) is 4. The van der Waals surface area contributed by atoms with E-state index in [1.165, 1.54) is 27.2 Å². The van der Waals surface area contributed by atoms with Crippen molar-refractivity contribution in [2.75, 3.05) is 34.5 Å². The zero-order valence-corrected chi connectivity index (χ0v) is 47.2. The lowest BCUT2D eigenvalue weighted by Gasteiger charge is -2.23. The molecule has 5 aromatic carbocycles. The molecular weight excluding hydrogens is 1050 g/mol. The molecule has 3 atom stereocenters. The van der Waals surface area contributed by atoms with E-state index in [-0.39, 0.29) is 62.3 Å². The van der Waals surface area contributed by atoms with Gasteiger partial charge in [0.15, 0.2) is 17.3 Å². The van der Waals surface area contributed by atoms with Crippen LogP contribution in [0.5, 0.6) is 17.2 Å². The van der Waals surface area contributed by atoms with Crippen molar-refractivity contribution in [3.8, 4) is 17.2 Å². The van der Waals surface area contributed by atoms with Crippen LogP contribution in [0, 0.1) is 6.92 Å². The van der Waals surface area contributed by atoms with Crippen LogP contribution >= 0.6 is 21.6 Å². The Balaban J connectivity index is 0.880. The van der Waals surface area contributed by atoms with E-state index in [9.17, 15) is 32.1 Å². The Hall–Kier alpha value is -6.47. The van der Waals surface area contributed by atoms with Gasteiger partial charge in [0.25, 0.3) is 21.9 Å². The number of hydrogen-bond acceptors (Lipinski definition) is 13. The molecule has 0 aromatic heterocycles. The number of fused-ring (bicyclic) bond motifs is 8. The first-order valence-corrected chi connectivity index (χ1v) is 30.5. The highest BCUT2D eigenvalue weighted by Gasteiger charge is 2.39. The number of nitrogens with one attached hydrogen (secondary N) is 1. The summed E-state index contributed by atoms with van der Waals surface area (Å²) < 4.78 is 52.8. The first-order valence-electron chi connectivity index (χ1n) is 26.6. The van der Waals surface area contributed by atoms with E-state index >= 15 is 0 Å². The lowest BCUT2D eigenvalue weighted by atomic mass is 9.99. The van der Waals surface area contributed by atoms with Gasteiger partial charge in [-0.15, -0.1) is 0 Å². The van der Waals surface area contributed by atoms with E-state index in [0.29, 0.717) is 77.7 Å². The zero-order valence-electron chi connectivity index (χ0n) is 44.8. The van der Waals surface area contributed by atoms with Gasteiger partial charge >= 0.3 is 0 Å². The van der Waals surface area contributed by atoms with Crippen molar-refractivity contribution < 1.29 is 46.4 Å². The molecule has 0 bridgehead atoms. The lowest BCUT2D eigenvalue weighted by Crippen LogP contribution is -2.37. The largest absolute Gasteiger partial charge is 0.493 e. The third-order valence-corrected chi connectivity index (χ3v) is 19.3. The summed E-state index contributed by atoms with van der Waals surface area (Å²) in [7, 11) is -0.0971. The van der Waals surface area contributed by atoms with Gasteiger partial charge in [-0.25, -0.2) is 0 Å². The third-order valence-electron chi connectivity index (χ3n) is 14.7. The van der Waals surface area contributed by atoms with Crippen LogP contribution in [0.25, 0.3) is 0 Å². The van der Waals surface area contributed by atoms with Crippen molar-refractivity contribution in [1.29, 1.82) is 0 Å². The number of para-hydroxylation sites is 2. The third kappa shape index (κ3) is 13.2. The van der Waals surface area contributed by atoms with Crippen molar-refractivity contribution in [2.24, 2.45) is 9.98 Å². The predicted molar refractivity (Wildman–Crippen MR) is 312 cm³/mol. The van der Waals surface area contributed by atoms with Crippen LogP contribution in [0.4, 0.5) is 22.7 Å². The average Bonchev–Trinajstić information content (AvgIpc) is 4.10. The number of carbonyl (C=O) groups excluding carboxylic acids is 4. The van der Waals surface area contributed by atoms with Gasteiger partial charge in [-0.2, -0.15) is 8.42 Å². The number of ether oxygens (including phenoxy) is 3. The highest BCUT2D eigenvalue weighted by atomic mass is 33.1. The van der Waals surface area contributed by atoms with E-state index in [2.05, 4.69) is 16.4 Å². The Morgan fingerprint density at radius 2 is 1.54 bits per heavy atom. The molecule has 4 aliphatic rings. The van der Waals surface area contributed by atoms with Crippen molar-refractivity contribution >= 4 is 90.4 Å². The Morgan fingerprint density at radius 1 is 0.846 bits per heavy atom. The van der Waals surface area contributed by atoms with Gasteiger partial charge in [-0.3, -0.25) is 38.6 Å². The topological polar surface area (TPSA) is 194 Å². The number of Topliss-reactive ketones (excluding diaryl/α,β-unsaturated/α-hetero) is 1. The molecule has 0 fully saturated rings. The summed E-state index contributed by atoms with van der Waals surface area (Å²) in [5, 5.41) is 1.62. The van der Waals surface area contributed by atoms with Crippen molar-refractivity contribution in [3.05, 3.63) is 136 Å². The van der Waals surface area contributed by atoms with Crippen LogP contribution in [0.15, 0.2) is 101 Å². The maximum atomic E-state index is 14.2. The number of hydrogen-bond donors (Lipinski definition) is 2. The molecule has 0 saturated carbocycles. The van der Waals surface area contributed by atoms with Gasteiger partial charge < -0.3 is 24.4 Å². The first-order chi connectivity index (χ1) is 37.5. The SMILES string of the molecule is CC=NCCCCCC(=O)C(CCSSC(C)(C)CCC(=O)Nc1cc(COc2cc3c(cc2C)C(=O)N2c4ccccc4C[C@H]2C=N3)cc(COc2cc3c(cc2OC)C(=O)N2c4ccccc4C[C@H]2CC3)c1)S(=O)(=O)O. The van der Waals surface area contributed by atoms with Crippen molar-refractivity contribution in [1.82, 2.24) is 0 Å². The molecule has 0 aliphatic carbocycles. The zero-order chi connectivity index (χ0) is 55.1. The summed E-state index contributed by atoms with van der Waals surface area (Å²) in [5.74, 6) is 0.918. The summed E-state index contributed by atoms with van der Waals surface area (Å²) >= 11 is 0. The molecule has 410 valence electrons. The molecule has 18 heteroatoms. The van der Waals surface area contributed by atoms with E-state index in [0.717, 1.165) is 64.9 Å². The summed E-state index contributed by atoms with van der Waals surface area (Å²) in [5.41, 5.74) is 9.40. The fourth-order valence-corrected chi connectivity index (χ4v) is 14.4. The second-order valence-corrected chi connectivity index (χ2v) is 25.6.